The van der Waals surface area contributed by atoms with E-state index in [9.17, 15) is 9.90 Å². The van der Waals surface area contributed by atoms with Crippen LogP contribution in [0.1, 0.15) is 102 Å². The summed E-state index contributed by atoms with van der Waals surface area (Å²) in [5, 5.41) is 11.0. The van der Waals surface area contributed by atoms with Gasteiger partial charge in [0.25, 0.3) is 0 Å². The Bertz CT molecular complexity index is 1290. The van der Waals surface area contributed by atoms with Crippen LogP contribution in [-0.4, -0.2) is 60.8 Å². The van der Waals surface area contributed by atoms with Gasteiger partial charge in [-0.05, 0) is 81.6 Å². The second-order valence-electron chi connectivity index (χ2n) is 13.2. The number of benzene rings is 1. The molecule has 254 valence electrons. The van der Waals surface area contributed by atoms with E-state index >= 15 is 0 Å². The maximum atomic E-state index is 13.5. The predicted octanol–water partition coefficient (Wildman–Crippen LogP) is 7.38. The van der Waals surface area contributed by atoms with Crippen molar-refractivity contribution in [2.24, 2.45) is 11.8 Å². The van der Waals surface area contributed by atoms with E-state index in [0.717, 1.165) is 54.6 Å². The van der Waals surface area contributed by atoms with Gasteiger partial charge in [0, 0.05) is 26.0 Å². The zero-order chi connectivity index (χ0) is 33.2. The molecule has 0 amide bonds. The molecule has 0 unspecified atom stereocenters. The van der Waals surface area contributed by atoms with E-state index in [1.165, 1.54) is 0 Å². The third kappa shape index (κ3) is 10.5. The molecular formula is C37H53NO8. The second kappa shape index (κ2) is 17.3. The van der Waals surface area contributed by atoms with E-state index in [1.54, 1.807) is 20.5 Å². The smallest absolute Gasteiger partial charge is 0.309 e. The molecule has 9 heteroatoms. The minimum Gasteiger partial charge on any atom is -0.497 e. The van der Waals surface area contributed by atoms with Crippen LogP contribution < -0.4 is 4.74 Å². The van der Waals surface area contributed by atoms with Gasteiger partial charge >= 0.3 is 5.97 Å². The van der Waals surface area contributed by atoms with Crippen molar-refractivity contribution in [3.05, 3.63) is 65.4 Å². The first-order valence-electron chi connectivity index (χ1n) is 16.7. The van der Waals surface area contributed by atoms with Crippen molar-refractivity contribution < 1.29 is 38.0 Å². The minimum atomic E-state index is -0.676. The Morgan fingerprint density at radius 3 is 2.57 bits per heavy atom. The number of hydrogen-bond donors (Lipinski definition) is 1. The molecular weight excluding hydrogens is 586 g/mol. The summed E-state index contributed by atoms with van der Waals surface area (Å²) >= 11 is 0. The maximum Gasteiger partial charge on any atom is 0.309 e. The molecule has 2 aromatic rings. The first kappa shape index (κ1) is 35.9. The van der Waals surface area contributed by atoms with Crippen LogP contribution in [0.15, 0.2) is 52.7 Å². The van der Waals surface area contributed by atoms with Gasteiger partial charge in [0.15, 0.2) is 0 Å². The van der Waals surface area contributed by atoms with Crippen LogP contribution in [0.2, 0.25) is 0 Å². The standard InChI is InChI=1S/C37H53NO8/c1-23-15-31-10-8-9-30(43-21-28-11-13-29(42-7)14-12-28)20-35(33-22-44-36(38-33)18-24(2)27(5)41-6)46-37(40)26(4)17-25(3)34(39)19-32(16-23)45-31/h11-14,18,22,25-27,30-32,34-35,39H,1,8-10,15-17,19-21H2,2-7H3/b24-18+/t25-,26-,27+,30-,31+,32+,34-,35-/m0/s1. The lowest BCUT2D eigenvalue weighted by atomic mass is 9.87. The van der Waals surface area contributed by atoms with E-state index in [4.69, 9.17) is 33.1 Å². The number of hydrogen-bond acceptors (Lipinski definition) is 9. The molecule has 0 spiro atoms. The van der Waals surface area contributed by atoms with Crippen LogP contribution in [0.3, 0.4) is 0 Å². The zero-order valence-electron chi connectivity index (χ0n) is 28.4. The molecule has 1 aromatic heterocycles. The Morgan fingerprint density at radius 1 is 1.11 bits per heavy atom. The number of fused-ring (bicyclic) bond motifs is 2. The number of esters is 1. The molecule has 2 bridgehead atoms. The number of carbonyl (C=O) groups is 1. The Hall–Kier alpha value is -2.98. The highest BCUT2D eigenvalue weighted by Gasteiger charge is 2.32. The number of carbonyl (C=O) groups excluding carboxylic acids is 1. The highest BCUT2D eigenvalue weighted by molar-refractivity contribution is 5.72. The SMILES string of the molecule is C=C1C[C@H]2CCC[C@H](OCc3ccc(OC)cc3)C[C@@H](c3coc(/C=C(\C)[C@@H](C)OC)n3)OC(=O)[C@@H](C)C[C@H](C)[C@@H](O)C[C@@H](C1)O2. The number of aliphatic hydroxyl groups is 1. The lowest BCUT2D eigenvalue weighted by Crippen LogP contribution is -2.34. The van der Waals surface area contributed by atoms with E-state index in [-0.39, 0.29) is 36.3 Å². The van der Waals surface area contributed by atoms with Gasteiger partial charge in [-0.1, -0.05) is 38.1 Å². The number of aliphatic hydroxyl groups excluding tert-OH is 1. The molecule has 0 aliphatic carbocycles. The van der Waals surface area contributed by atoms with Crippen molar-refractivity contribution in [1.29, 1.82) is 0 Å². The lowest BCUT2D eigenvalue weighted by Gasteiger charge is -2.34. The van der Waals surface area contributed by atoms with Gasteiger partial charge < -0.3 is 33.2 Å². The average molecular weight is 640 g/mol. The zero-order valence-corrected chi connectivity index (χ0v) is 28.4. The molecule has 8 atom stereocenters. The second-order valence-corrected chi connectivity index (χ2v) is 13.2. The van der Waals surface area contributed by atoms with Crippen LogP contribution in [0.4, 0.5) is 0 Å². The van der Waals surface area contributed by atoms with Gasteiger partial charge in [-0.25, -0.2) is 4.98 Å². The molecule has 2 aliphatic rings. The van der Waals surface area contributed by atoms with Crippen molar-refractivity contribution in [1.82, 2.24) is 4.98 Å². The number of oxazole rings is 1. The molecule has 46 heavy (non-hydrogen) atoms. The number of methoxy groups -OCH3 is 2. The molecule has 2 saturated heterocycles. The summed E-state index contributed by atoms with van der Waals surface area (Å²) in [6, 6.07) is 7.82. The minimum absolute atomic E-state index is 0.0547. The summed E-state index contributed by atoms with van der Waals surface area (Å²) < 4.78 is 35.7. The molecule has 1 aromatic carbocycles. The normalized spacial score (nSPS) is 29.6. The predicted molar refractivity (Wildman–Crippen MR) is 176 cm³/mol. The van der Waals surface area contributed by atoms with Crippen molar-refractivity contribution >= 4 is 12.0 Å². The van der Waals surface area contributed by atoms with Crippen molar-refractivity contribution in [3.63, 3.8) is 0 Å². The first-order chi connectivity index (χ1) is 22.0. The van der Waals surface area contributed by atoms with Crippen molar-refractivity contribution in [3.8, 4) is 5.75 Å². The Balaban J connectivity index is 1.60. The van der Waals surface area contributed by atoms with Gasteiger partial charge in [0.05, 0.1) is 50.2 Å². The summed E-state index contributed by atoms with van der Waals surface area (Å²) in [7, 11) is 3.30. The third-order valence-corrected chi connectivity index (χ3v) is 9.35. The highest BCUT2D eigenvalue weighted by Crippen LogP contribution is 2.33. The summed E-state index contributed by atoms with van der Waals surface area (Å²) in [5.74, 6) is 0.335. The molecule has 1 N–H and O–H groups in total. The number of aromatic nitrogens is 1. The Labute approximate surface area is 274 Å². The fraction of sp³-hybridized carbons (Fsp3) is 0.622. The summed E-state index contributed by atoms with van der Waals surface area (Å²) in [4.78, 5) is 18.3. The Morgan fingerprint density at radius 2 is 1.85 bits per heavy atom. The van der Waals surface area contributed by atoms with E-state index in [0.29, 0.717) is 37.5 Å². The fourth-order valence-corrected chi connectivity index (χ4v) is 6.23. The monoisotopic (exact) mass is 639 g/mol. The number of nitrogens with zero attached hydrogens (tertiary/aromatic N) is 1. The van der Waals surface area contributed by atoms with Crippen LogP contribution in [0.5, 0.6) is 5.75 Å². The number of cyclic esters (lactones) is 1. The molecule has 0 saturated carbocycles. The van der Waals surface area contributed by atoms with E-state index in [1.807, 2.05) is 58.0 Å². The quantitative estimate of drug-likeness (QED) is 0.234. The van der Waals surface area contributed by atoms with Gasteiger partial charge in [-0.2, -0.15) is 0 Å². The molecule has 2 fully saturated rings. The van der Waals surface area contributed by atoms with Crippen LogP contribution in [-0.2, 0) is 30.3 Å². The average Bonchev–Trinajstić information content (AvgIpc) is 3.50. The van der Waals surface area contributed by atoms with E-state index in [2.05, 4.69) is 6.58 Å². The van der Waals surface area contributed by atoms with E-state index < -0.39 is 18.1 Å². The number of rotatable bonds is 8. The fourth-order valence-electron chi connectivity index (χ4n) is 6.23. The van der Waals surface area contributed by atoms with Crippen LogP contribution in [0.25, 0.3) is 6.08 Å². The maximum absolute atomic E-state index is 13.5. The molecule has 0 radical (unpaired) electrons. The van der Waals surface area contributed by atoms with Crippen LogP contribution in [0, 0.1) is 11.8 Å². The topological polar surface area (TPSA) is 109 Å². The first-order valence-corrected chi connectivity index (χ1v) is 16.7. The summed E-state index contributed by atoms with van der Waals surface area (Å²) in [6.45, 7) is 12.4. The Kier molecular flexibility index (Phi) is 13.5. The number of ether oxygens (including phenoxy) is 5. The molecule has 2 aliphatic heterocycles. The van der Waals surface area contributed by atoms with Crippen molar-refractivity contribution in [2.45, 2.75) is 122 Å². The van der Waals surface area contributed by atoms with Gasteiger partial charge in [-0.3, -0.25) is 4.79 Å². The summed E-state index contributed by atoms with van der Waals surface area (Å²) in [6.07, 6.45) is 7.25. The van der Waals surface area contributed by atoms with Crippen LogP contribution >= 0.6 is 0 Å². The third-order valence-electron chi connectivity index (χ3n) is 9.35. The van der Waals surface area contributed by atoms with Crippen molar-refractivity contribution in [2.75, 3.05) is 14.2 Å². The lowest BCUT2D eigenvalue weighted by molar-refractivity contribution is -0.157. The molecule has 9 nitrogen and oxygen atoms in total. The molecule has 3 heterocycles. The van der Waals surface area contributed by atoms with Gasteiger partial charge in [-0.15, -0.1) is 0 Å². The van der Waals surface area contributed by atoms with Gasteiger partial charge in [0.2, 0.25) is 5.89 Å². The van der Waals surface area contributed by atoms with Gasteiger partial charge in [0.1, 0.15) is 23.8 Å². The highest BCUT2D eigenvalue weighted by atomic mass is 16.5. The summed E-state index contributed by atoms with van der Waals surface area (Å²) in [5.41, 5.74) is 3.68. The largest absolute Gasteiger partial charge is 0.497 e. The molecule has 4 rings (SSSR count).